The molecule has 0 fully saturated rings. The van der Waals surface area contributed by atoms with Gasteiger partial charge in [0.2, 0.25) is 0 Å². The van der Waals surface area contributed by atoms with Gasteiger partial charge in [-0.3, -0.25) is 0 Å². The molecule has 1 aliphatic rings. The van der Waals surface area contributed by atoms with E-state index in [0.29, 0.717) is 0 Å². The maximum atomic E-state index is 12.1. The maximum Gasteiger partial charge on any atom is 0.331 e. The lowest BCUT2D eigenvalue weighted by atomic mass is 9.78. The summed E-state index contributed by atoms with van der Waals surface area (Å²) in [6.45, 7) is 15.1. The van der Waals surface area contributed by atoms with E-state index in [0.717, 1.165) is 11.1 Å². The topological polar surface area (TPSA) is 46.5 Å². The summed E-state index contributed by atoms with van der Waals surface area (Å²) in [6.07, 6.45) is 17.8. The van der Waals surface area contributed by atoms with Crippen molar-refractivity contribution in [2.24, 2.45) is 5.41 Å². The number of esters is 1. The number of rotatable bonds is 7. The minimum Gasteiger partial charge on any atom is -0.453 e. The molecule has 1 N–H and O–H groups in total. The number of ether oxygens (including phenoxy) is 1. The lowest BCUT2D eigenvalue weighted by Gasteiger charge is -2.36. The van der Waals surface area contributed by atoms with Gasteiger partial charge in [0.25, 0.3) is 0 Å². The van der Waals surface area contributed by atoms with Gasteiger partial charge in [-0.15, -0.1) is 0 Å². The summed E-state index contributed by atoms with van der Waals surface area (Å²) >= 11 is 0. The molecule has 0 saturated carbocycles. The van der Waals surface area contributed by atoms with Crippen LogP contribution in [-0.2, 0) is 9.53 Å². The molecule has 0 amide bonds. The molecule has 0 heterocycles. The van der Waals surface area contributed by atoms with Crippen LogP contribution >= 0.6 is 0 Å². The van der Waals surface area contributed by atoms with Crippen LogP contribution in [0.5, 0.6) is 0 Å². The fourth-order valence-electron chi connectivity index (χ4n) is 2.96. The highest BCUT2D eigenvalue weighted by Gasteiger charge is 2.38. The summed E-state index contributed by atoms with van der Waals surface area (Å²) in [5.74, 6) is -0.456. The Morgan fingerprint density at radius 3 is 2.39 bits per heavy atom. The predicted octanol–water partition coefficient (Wildman–Crippen LogP) is 6.22. The molecule has 0 aromatic heterocycles. The van der Waals surface area contributed by atoms with Crippen molar-refractivity contribution < 1.29 is 14.6 Å². The first-order valence-electron chi connectivity index (χ1n) is 10.1. The third-order valence-corrected chi connectivity index (χ3v) is 5.48. The van der Waals surface area contributed by atoms with Crippen LogP contribution < -0.4 is 0 Å². The molecule has 1 unspecified atom stereocenters. The van der Waals surface area contributed by atoms with Crippen molar-refractivity contribution in [3.8, 4) is 0 Å². The van der Waals surface area contributed by atoms with Crippen molar-refractivity contribution in [1.29, 1.82) is 0 Å². The first-order chi connectivity index (χ1) is 12.7. The molecule has 3 heteroatoms. The zero-order valence-electron chi connectivity index (χ0n) is 18.9. The van der Waals surface area contributed by atoms with E-state index in [1.165, 1.54) is 30.9 Å². The molecule has 0 aliphatic heterocycles. The molecule has 1 rings (SSSR count). The Labute approximate surface area is 171 Å². The van der Waals surface area contributed by atoms with Crippen molar-refractivity contribution in [1.82, 2.24) is 0 Å². The van der Waals surface area contributed by atoms with Gasteiger partial charge in [-0.25, -0.2) is 4.79 Å². The standard InChI is InChI=1S/C25H38O3/c1-19(14-16-25(8)15-10-13-21(3)18-25)11-9-12-20(2)17-22(26)28-24(6,7)23(4,5)27/h9,11-12,14,16-18,27H,10,13,15H2,1-8H3/b12-9+,16-14+,19-11+,20-17+. The van der Waals surface area contributed by atoms with Gasteiger partial charge in [0, 0.05) is 11.5 Å². The Kier molecular flexibility index (Phi) is 8.25. The smallest absolute Gasteiger partial charge is 0.331 e. The summed E-state index contributed by atoms with van der Waals surface area (Å²) in [7, 11) is 0. The molecular weight excluding hydrogens is 348 g/mol. The molecule has 156 valence electrons. The summed E-state index contributed by atoms with van der Waals surface area (Å²) in [5.41, 5.74) is 1.49. The second-order valence-corrected chi connectivity index (χ2v) is 9.33. The van der Waals surface area contributed by atoms with Crippen LogP contribution in [0, 0.1) is 5.41 Å². The van der Waals surface area contributed by atoms with Gasteiger partial charge in [0.05, 0.1) is 5.60 Å². The average Bonchev–Trinajstić information content (AvgIpc) is 2.51. The van der Waals surface area contributed by atoms with E-state index in [4.69, 9.17) is 4.74 Å². The van der Waals surface area contributed by atoms with Crippen LogP contribution in [0.2, 0.25) is 0 Å². The van der Waals surface area contributed by atoms with Crippen LogP contribution in [0.25, 0.3) is 0 Å². The van der Waals surface area contributed by atoms with E-state index in [1.54, 1.807) is 27.7 Å². The minimum atomic E-state index is -1.12. The summed E-state index contributed by atoms with van der Waals surface area (Å²) in [4.78, 5) is 12.1. The van der Waals surface area contributed by atoms with Crippen LogP contribution in [0.15, 0.2) is 59.3 Å². The third-order valence-electron chi connectivity index (χ3n) is 5.48. The quantitative estimate of drug-likeness (QED) is 0.244. The first kappa shape index (κ1) is 24.2. The second kappa shape index (κ2) is 9.56. The monoisotopic (exact) mass is 386 g/mol. The van der Waals surface area contributed by atoms with Crippen LogP contribution in [0.4, 0.5) is 0 Å². The van der Waals surface area contributed by atoms with Crippen LogP contribution in [0.1, 0.15) is 74.7 Å². The number of allylic oxidation sites excluding steroid dienone is 9. The first-order valence-corrected chi connectivity index (χ1v) is 10.1. The largest absolute Gasteiger partial charge is 0.453 e. The van der Waals surface area contributed by atoms with Gasteiger partial charge in [-0.2, -0.15) is 0 Å². The molecular formula is C25H38O3. The number of aliphatic hydroxyl groups is 1. The zero-order valence-corrected chi connectivity index (χ0v) is 18.9. The minimum absolute atomic E-state index is 0.147. The van der Waals surface area contributed by atoms with Gasteiger partial charge in [0.15, 0.2) is 0 Å². The van der Waals surface area contributed by atoms with E-state index in [2.05, 4.69) is 39.0 Å². The van der Waals surface area contributed by atoms with E-state index < -0.39 is 17.2 Å². The Balaban J connectivity index is 2.69. The Morgan fingerprint density at radius 2 is 1.82 bits per heavy atom. The van der Waals surface area contributed by atoms with E-state index in [9.17, 15) is 9.90 Å². The van der Waals surface area contributed by atoms with Gasteiger partial charge in [0.1, 0.15) is 5.60 Å². The van der Waals surface area contributed by atoms with Crippen LogP contribution in [-0.4, -0.2) is 22.3 Å². The van der Waals surface area contributed by atoms with Crippen molar-refractivity contribution >= 4 is 5.97 Å². The fourth-order valence-corrected chi connectivity index (χ4v) is 2.96. The predicted molar refractivity (Wildman–Crippen MR) is 118 cm³/mol. The molecule has 1 atom stereocenters. The number of hydrogen-bond acceptors (Lipinski definition) is 3. The van der Waals surface area contributed by atoms with Gasteiger partial charge >= 0.3 is 5.97 Å². The van der Waals surface area contributed by atoms with Gasteiger partial charge in [-0.05, 0) is 73.3 Å². The average molecular weight is 387 g/mol. The highest BCUT2D eigenvalue weighted by Crippen LogP contribution is 2.35. The zero-order chi connectivity index (χ0) is 21.6. The maximum absolute atomic E-state index is 12.1. The molecule has 0 bridgehead atoms. The molecule has 0 spiro atoms. The van der Waals surface area contributed by atoms with Gasteiger partial charge < -0.3 is 9.84 Å². The number of hydrogen-bond donors (Lipinski definition) is 1. The molecule has 3 nitrogen and oxygen atoms in total. The van der Waals surface area contributed by atoms with Crippen molar-refractivity contribution in [2.45, 2.75) is 85.9 Å². The van der Waals surface area contributed by atoms with Crippen LogP contribution in [0.3, 0.4) is 0 Å². The Hall–Kier alpha value is -1.87. The fraction of sp³-hybridized carbons (Fsp3) is 0.560. The Morgan fingerprint density at radius 1 is 1.18 bits per heavy atom. The van der Waals surface area contributed by atoms with E-state index in [1.807, 2.05) is 25.2 Å². The lowest BCUT2D eigenvalue weighted by molar-refractivity contribution is -0.175. The molecule has 0 saturated heterocycles. The molecule has 0 radical (unpaired) electrons. The van der Waals surface area contributed by atoms with E-state index >= 15 is 0 Å². The SMILES string of the molecule is CC1=CC(C)(/C=C/C(C)=C/C=C/C(C)=C/C(=O)OC(C)(C)C(C)(C)O)CCC1. The summed E-state index contributed by atoms with van der Waals surface area (Å²) in [6, 6.07) is 0. The normalized spacial score (nSPS) is 22.7. The summed E-state index contributed by atoms with van der Waals surface area (Å²) in [5, 5.41) is 10.1. The van der Waals surface area contributed by atoms with Crippen molar-refractivity contribution in [2.75, 3.05) is 0 Å². The molecule has 1 aliphatic carbocycles. The third kappa shape index (κ3) is 8.02. The number of carbonyl (C=O) groups is 1. The van der Waals surface area contributed by atoms with Crippen molar-refractivity contribution in [3.05, 3.63) is 59.3 Å². The molecule has 28 heavy (non-hydrogen) atoms. The van der Waals surface area contributed by atoms with Crippen molar-refractivity contribution in [3.63, 3.8) is 0 Å². The summed E-state index contributed by atoms with van der Waals surface area (Å²) < 4.78 is 5.39. The highest BCUT2D eigenvalue weighted by atomic mass is 16.6. The Bertz CT molecular complexity index is 709. The van der Waals surface area contributed by atoms with E-state index in [-0.39, 0.29) is 5.41 Å². The highest BCUT2D eigenvalue weighted by molar-refractivity contribution is 5.83. The lowest BCUT2D eigenvalue weighted by Crippen LogP contribution is -2.48. The molecule has 0 aromatic carbocycles. The second-order valence-electron chi connectivity index (χ2n) is 9.33. The molecule has 0 aromatic rings. The number of carbonyl (C=O) groups excluding carboxylic acids is 1. The van der Waals surface area contributed by atoms with Gasteiger partial charge in [-0.1, -0.05) is 54.5 Å².